The average Bonchev–Trinajstić information content (AvgIpc) is 3.38. The molecule has 0 aromatic rings. The van der Waals surface area contributed by atoms with Gasteiger partial charge >= 0.3 is 0 Å². The molecule has 9 atom stereocenters. The third-order valence-corrected chi connectivity index (χ3v) is 7.01. The van der Waals surface area contributed by atoms with Crippen molar-refractivity contribution in [3.05, 3.63) is 21.1 Å². The van der Waals surface area contributed by atoms with Gasteiger partial charge in [0.1, 0.15) is 12.1 Å². The molecule has 192 valence electrons. The first-order chi connectivity index (χ1) is 15.3. The number of ether oxygens (including phenoxy) is 4. The second kappa shape index (κ2) is 16.4. The summed E-state index contributed by atoms with van der Waals surface area (Å²) in [5, 5.41) is 0. The third kappa shape index (κ3) is 10.3. The lowest BCUT2D eigenvalue weighted by Crippen LogP contribution is -3.10. The fraction of sp³-hybridized carbons (Fsp3) is 0.880. The maximum Gasteiger partial charge on any atom is 0.114 e. The lowest BCUT2D eigenvalue weighted by Gasteiger charge is -2.25. The van der Waals surface area contributed by atoms with E-state index in [9.17, 15) is 0 Å². The molecule has 3 aliphatic rings. The Morgan fingerprint density at radius 1 is 0.781 bits per heavy atom. The zero-order valence-corrected chi connectivity index (χ0v) is 21.8. The van der Waals surface area contributed by atoms with Gasteiger partial charge in [-0.2, -0.15) is 21.1 Å². The van der Waals surface area contributed by atoms with Crippen LogP contribution in [0, 0.1) is 33.0 Å². The van der Waals surface area contributed by atoms with Crippen molar-refractivity contribution in [1.29, 1.82) is 0 Å². The smallest absolute Gasteiger partial charge is 0.114 e. The highest BCUT2D eigenvalue weighted by molar-refractivity contribution is 4.74. The van der Waals surface area contributed by atoms with Crippen LogP contribution in [0.25, 0.3) is 0 Å². The first-order valence-electron chi connectivity index (χ1n) is 12.4. The van der Waals surface area contributed by atoms with Gasteiger partial charge in [0, 0.05) is 59.0 Å². The van der Waals surface area contributed by atoms with E-state index in [1.54, 1.807) is 21.3 Å². The van der Waals surface area contributed by atoms with Crippen LogP contribution in [-0.4, -0.2) is 91.6 Å². The molecular weight excluding hydrogens is 406 g/mol. The molecule has 3 aliphatic heterocycles. The van der Waals surface area contributed by atoms with Gasteiger partial charge in [-0.1, -0.05) is 13.8 Å². The minimum Gasteiger partial charge on any atom is -0.463 e. The van der Waals surface area contributed by atoms with Gasteiger partial charge in [0.2, 0.25) is 0 Å². The van der Waals surface area contributed by atoms with Crippen LogP contribution in [0.5, 0.6) is 0 Å². The number of quaternary nitrogens is 3. The molecule has 3 rings (SSSR count). The monoisotopic (exact) mass is 459 g/mol. The van der Waals surface area contributed by atoms with Crippen LogP contribution in [-0.2, 0) is 18.9 Å². The average molecular weight is 460 g/mol. The van der Waals surface area contributed by atoms with Crippen molar-refractivity contribution >= 4 is 0 Å². The summed E-state index contributed by atoms with van der Waals surface area (Å²) in [5.41, 5.74) is 0. The highest BCUT2D eigenvalue weighted by Crippen LogP contribution is 2.09. The molecule has 0 aliphatic carbocycles. The number of hydrogen-bond donors (Lipinski definition) is 3. The molecule has 3 unspecified atom stereocenters. The quantitative estimate of drug-likeness (QED) is 0.405. The Bertz CT molecular complexity index is 470. The molecule has 7 nitrogen and oxygen atoms in total. The third-order valence-electron chi connectivity index (χ3n) is 7.01. The molecule has 3 fully saturated rings. The molecule has 0 saturated carbocycles. The summed E-state index contributed by atoms with van der Waals surface area (Å²) < 4.78 is 20.9. The van der Waals surface area contributed by atoms with Crippen LogP contribution in [0.3, 0.4) is 0 Å². The summed E-state index contributed by atoms with van der Waals surface area (Å²) in [6, 6.07) is 1.70. The van der Waals surface area contributed by atoms with Crippen LogP contribution >= 0.6 is 0 Å². The molecule has 0 aromatic heterocycles. The van der Waals surface area contributed by atoms with Crippen molar-refractivity contribution in [1.82, 2.24) is 0 Å². The maximum absolute atomic E-state index is 5.38. The van der Waals surface area contributed by atoms with Crippen LogP contribution in [0.1, 0.15) is 40.0 Å². The van der Waals surface area contributed by atoms with Crippen LogP contribution in [0.2, 0.25) is 0 Å². The van der Waals surface area contributed by atoms with Crippen molar-refractivity contribution in [2.45, 2.75) is 64.3 Å². The highest BCUT2D eigenvalue weighted by atomic mass is 16.5. The van der Waals surface area contributed by atoms with Crippen LogP contribution in [0.4, 0.5) is 0 Å². The van der Waals surface area contributed by atoms with Gasteiger partial charge in [-0.25, -0.2) is 0 Å². The van der Waals surface area contributed by atoms with Crippen molar-refractivity contribution in [2.75, 3.05) is 67.4 Å². The molecule has 7 heteroatoms. The van der Waals surface area contributed by atoms with E-state index in [1.165, 1.54) is 40.6 Å². The molecule has 0 amide bonds. The molecule has 0 aromatic carbocycles. The summed E-state index contributed by atoms with van der Waals surface area (Å²) in [7, 11) is 17.3. The van der Waals surface area contributed by atoms with E-state index < -0.39 is 0 Å². The lowest BCUT2D eigenvalue weighted by molar-refractivity contribution is -0.869. The number of rotatable bonds is 8. The molecule has 3 saturated heterocycles. The second-order valence-electron chi connectivity index (χ2n) is 9.95. The minimum atomic E-state index is 0.336. The first kappa shape index (κ1) is 29.8. The predicted molar refractivity (Wildman–Crippen MR) is 128 cm³/mol. The summed E-state index contributed by atoms with van der Waals surface area (Å²) in [6.45, 7) is 13.4. The molecule has 0 radical (unpaired) electrons. The van der Waals surface area contributed by atoms with E-state index in [0.29, 0.717) is 24.2 Å². The molecule has 3 N–H and O–H groups in total. The highest BCUT2D eigenvalue weighted by Gasteiger charge is 2.32. The van der Waals surface area contributed by atoms with Crippen LogP contribution < -0.4 is 14.7 Å². The van der Waals surface area contributed by atoms with Gasteiger partial charge in [-0.15, -0.1) is 0 Å². The fourth-order valence-corrected chi connectivity index (χ4v) is 5.20. The zero-order chi connectivity index (χ0) is 24.1. The van der Waals surface area contributed by atoms with Crippen molar-refractivity contribution in [3.8, 4) is 0 Å². The van der Waals surface area contributed by atoms with Gasteiger partial charge in [0.25, 0.3) is 0 Å². The second-order valence-corrected chi connectivity index (χ2v) is 9.95. The SMILES string of the molecule is [CH2-][NH+]1CC[C@H](OC)[C@H]1COC.[CH2-][NH+]1C[C@H](C)C[C@H]1COC.[CH2-][NH+]1C[C@H](C)C[C@H]1COCC. The number of hydrogen-bond acceptors (Lipinski definition) is 4. The Balaban J connectivity index is 0.000000240. The Morgan fingerprint density at radius 2 is 1.31 bits per heavy atom. The topological polar surface area (TPSA) is 50.2 Å². The Hall–Kier alpha value is -0.280. The molecule has 0 bridgehead atoms. The lowest BCUT2D eigenvalue weighted by atomic mass is 10.1. The van der Waals surface area contributed by atoms with Gasteiger partial charge < -0.3 is 33.6 Å². The Kier molecular flexibility index (Phi) is 15.2. The summed E-state index contributed by atoms with van der Waals surface area (Å²) in [5.74, 6) is 1.65. The van der Waals surface area contributed by atoms with Crippen LogP contribution in [0.15, 0.2) is 0 Å². The number of methoxy groups -OCH3 is 3. The largest absolute Gasteiger partial charge is 0.463 e. The van der Waals surface area contributed by atoms with Gasteiger partial charge in [0.05, 0.1) is 51.5 Å². The molecule has 0 spiro atoms. The fourth-order valence-electron chi connectivity index (χ4n) is 5.20. The van der Waals surface area contributed by atoms with E-state index >= 15 is 0 Å². The minimum absolute atomic E-state index is 0.336. The maximum atomic E-state index is 5.38. The van der Waals surface area contributed by atoms with Crippen molar-refractivity contribution < 1.29 is 33.6 Å². The summed E-state index contributed by atoms with van der Waals surface area (Å²) in [4.78, 5) is 4.05. The Morgan fingerprint density at radius 3 is 1.72 bits per heavy atom. The number of likely N-dealkylation sites (tertiary alicyclic amines) is 3. The summed E-state index contributed by atoms with van der Waals surface area (Å²) in [6.07, 6.45) is 3.98. The molecule has 3 heterocycles. The predicted octanol–water partition coefficient (Wildman–Crippen LogP) is -1.08. The van der Waals surface area contributed by atoms with E-state index in [0.717, 1.165) is 51.2 Å². The van der Waals surface area contributed by atoms with Crippen molar-refractivity contribution in [3.63, 3.8) is 0 Å². The number of nitrogens with one attached hydrogen (secondary N) is 3. The molecule has 32 heavy (non-hydrogen) atoms. The summed E-state index contributed by atoms with van der Waals surface area (Å²) >= 11 is 0. The van der Waals surface area contributed by atoms with E-state index in [2.05, 4.69) is 35.0 Å². The van der Waals surface area contributed by atoms with Gasteiger partial charge in [0.15, 0.2) is 0 Å². The molecular formula is C25H53N3O4. The van der Waals surface area contributed by atoms with Gasteiger partial charge in [-0.05, 0) is 6.92 Å². The van der Waals surface area contributed by atoms with E-state index in [1.807, 2.05) is 6.92 Å². The normalized spacial score (nSPS) is 38.7. The first-order valence-corrected chi connectivity index (χ1v) is 12.4. The van der Waals surface area contributed by atoms with E-state index in [-0.39, 0.29) is 0 Å². The Labute approximate surface area is 198 Å². The zero-order valence-electron chi connectivity index (χ0n) is 21.8. The van der Waals surface area contributed by atoms with Crippen molar-refractivity contribution in [2.24, 2.45) is 11.8 Å². The standard InChI is InChI=1S/C9H19NO.C8H17NO2.C8H17NO/c1-4-11-7-9-5-8(2)6-10(9)3;1-9-5-4-8(11-3)7(9)6-10-2;1-7-4-8(6-10-3)9(2)5-7/h8-10H,3-7H2,1-2H3;7-9H,1,4-6H2,2-3H3;7-9H,2,4-6H2,1,3H3/t8-,9+;2*7-,8+/m111/s1. The van der Waals surface area contributed by atoms with E-state index in [4.69, 9.17) is 18.9 Å². The van der Waals surface area contributed by atoms with Gasteiger partial charge in [-0.3, -0.25) is 0 Å².